The van der Waals surface area contributed by atoms with E-state index in [1.165, 1.54) is 6.07 Å². The molecular weight excluding hydrogens is 220 g/mol. The topological polar surface area (TPSA) is 85.3 Å². The molecule has 0 unspecified atom stereocenters. The fourth-order valence-corrected chi connectivity index (χ4v) is 1.54. The standard InChI is InChI=1S/C11H18N4O2/c1-3-4-5-8-14(2)10-7-6-9(15(16)17)11(12)13-10/h6-7H,3-5,8H2,1-2H3,(H2,12,13). The first-order valence-electron chi connectivity index (χ1n) is 5.68. The maximum absolute atomic E-state index is 10.6. The van der Waals surface area contributed by atoms with E-state index < -0.39 is 4.92 Å². The average Bonchev–Trinajstić information content (AvgIpc) is 2.28. The smallest absolute Gasteiger partial charge is 0.311 e. The molecule has 6 heteroatoms. The van der Waals surface area contributed by atoms with Gasteiger partial charge in [-0.05, 0) is 12.5 Å². The van der Waals surface area contributed by atoms with Crippen molar-refractivity contribution in [2.24, 2.45) is 0 Å². The predicted octanol–water partition coefficient (Wildman–Crippen LogP) is 2.20. The number of nitro groups is 1. The molecule has 0 aliphatic carbocycles. The van der Waals surface area contributed by atoms with E-state index in [2.05, 4.69) is 11.9 Å². The maximum Gasteiger partial charge on any atom is 0.311 e. The monoisotopic (exact) mass is 238 g/mol. The zero-order valence-electron chi connectivity index (χ0n) is 10.2. The van der Waals surface area contributed by atoms with Crippen molar-refractivity contribution in [1.29, 1.82) is 0 Å². The molecule has 0 spiro atoms. The van der Waals surface area contributed by atoms with Gasteiger partial charge < -0.3 is 10.6 Å². The van der Waals surface area contributed by atoms with Crippen molar-refractivity contribution in [3.63, 3.8) is 0 Å². The number of nitrogens with two attached hydrogens (primary N) is 1. The van der Waals surface area contributed by atoms with Crippen LogP contribution in [0.3, 0.4) is 0 Å². The third-order valence-electron chi connectivity index (χ3n) is 2.57. The second-order valence-corrected chi connectivity index (χ2v) is 3.96. The predicted molar refractivity (Wildman–Crippen MR) is 68.1 cm³/mol. The van der Waals surface area contributed by atoms with Gasteiger partial charge in [-0.3, -0.25) is 10.1 Å². The fraction of sp³-hybridized carbons (Fsp3) is 0.545. The van der Waals surface area contributed by atoms with Gasteiger partial charge in [-0.1, -0.05) is 19.8 Å². The first-order valence-corrected chi connectivity index (χ1v) is 5.68. The Hall–Kier alpha value is -1.85. The normalized spacial score (nSPS) is 10.2. The van der Waals surface area contributed by atoms with Gasteiger partial charge in [0.2, 0.25) is 5.82 Å². The Morgan fingerprint density at radius 3 is 2.71 bits per heavy atom. The molecule has 1 aromatic heterocycles. The van der Waals surface area contributed by atoms with Gasteiger partial charge in [0.1, 0.15) is 5.82 Å². The van der Waals surface area contributed by atoms with Crippen LogP contribution in [0, 0.1) is 10.1 Å². The van der Waals surface area contributed by atoms with Crippen LogP contribution >= 0.6 is 0 Å². The zero-order valence-corrected chi connectivity index (χ0v) is 10.2. The number of unbranched alkanes of at least 4 members (excludes halogenated alkanes) is 2. The molecule has 0 atom stereocenters. The highest BCUT2D eigenvalue weighted by atomic mass is 16.6. The summed E-state index contributed by atoms with van der Waals surface area (Å²) in [7, 11) is 1.91. The van der Waals surface area contributed by atoms with Gasteiger partial charge in [-0.2, -0.15) is 0 Å². The summed E-state index contributed by atoms with van der Waals surface area (Å²) in [5, 5.41) is 10.6. The zero-order chi connectivity index (χ0) is 12.8. The highest BCUT2D eigenvalue weighted by molar-refractivity contribution is 5.57. The molecule has 0 aliphatic heterocycles. The van der Waals surface area contributed by atoms with Crippen molar-refractivity contribution in [1.82, 2.24) is 4.98 Å². The Morgan fingerprint density at radius 1 is 1.47 bits per heavy atom. The van der Waals surface area contributed by atoms with Crippen molar-refractivity contribution in [3.05, 3.63) is 22.2 Å². The summed E-state index contributed by atoms with van der Waals surface area (Å²) in [5.41, 5.74) is 5.39. The summed E-state index contributed by atoms with van der Waals surface area (Å²) < 4.78 is 0. The van der Waals surface area contributed by atoms with Crippen LogP contribution in [0.1, 0.15) is 26.2 Å². The summed E-state index contributed by atoms with van der Waals surface area (Å²) in [6.07, 6.45) is 3.39. The highest BCUT2D eigenvalue weighted by Gasteiger charge is 2.14. The SMILES string of the molecule is CCCCCN(C)c1ccc([N+](=O)[O-])c(N)n1. The van der Waals surface area contributed by atoms with Gasteiger partial charge in [0.15, 0.2) is 0 Å². The lowest BCUT2D eigenvalue weighted by atomic mass is 10.2. The van der Waals surface area contributed by atoms with E-state index in [0.29, 0.717) is 5.82 Å². The molecule has 0 aromatic carbocycles. The van der Waals surface area contributed by atoms with E-state index in [9.17, 15) is 10.1 Å². The number of rotatable bonds is 6. The average molecular weight is 238 g/mol. The number of pyridine rings is 1. The molecule has 1 heterocycles. The molecule has 0 fully saturated rings. The lowest BCUT2D eigenvalue weighted by Gasteiger charge is -2.17. The third kappa shape index (κ3) is 3.58. The van der Waals surface area contributed by atoms with E-state index in [4.69, 9.17) is 5.73 Å². The van der Waals surface area contributed by atoms with Crippen molar-refractivity contribution in [2.45, 2.75) is 26.2 Å². The van der Waals surface area contributed by atoms with Crippen LogP contribution in [0.4, 0.5) is 17.3 Å². The lowest BCUT2D eigenvalue weighted by Crippen LogP contribution is -2.20. The van der Waals surface area contributed by atoms with Gasteiger partial charge >= 0.3 is 5.69 Å². The van der Waals surface area contributed by atoms with Gasteiger partial charge in [0, 0.05) is 19.7 Å². The Morgan fingerprint density at radius 2 is 2.18 bits per heavy atom. The van der Waals surface area contributed by atoms with Crippen molar-refractivity contribution >= 4 is 17.3 Å². The largest absolute Gasteiger partial charge is 0.378 e. The fourth-order valence-electron chi connectivity index (χ4n) is 1.54. The van der Waals surface area contributed by atoms with E-state index in [1.807, 2.05) is 11.9 Å². The summed E-state index contributed by atoms with van der Waals surface area (Å²) in [5.74, 6) is 0.638. The second-order valence-electron chi connectivity index (χ2n) is 3.96. The van der Waals surface area contributed by atoms with E-state index in [0.717, 1.165) is 25.8 Å². The Kier molecular flexibility index (Phi) is 4.68. The van der Waals surface area contributed by atoms with Gasteiger partial charge in [-0.25, -0.2) is 4.98 Å². The number of nitrogen functional groups attached to an aromatic ring is 1. The molecule has 0 radical (unpaired) electrons. The molecule has 0 saturated heterocycles. The summed E-state index contributed by atoms with van der Waals surface area (Å²) in [6, 6.07) is 3.02. The summed E-state index contributed by atoms with van der Waals surface area (Å²) in [4.78, 5) is 16.1. The Bertz CT molecular complexity index is 395. The Labute approximate surface area is 101 Å². The molecule has 1 aromatic rings. The summed E-state index contributed by atoms with van der Waals surface area (Å²) in [6.45, 7) is 3.01. The van der Waals surface area contributed by atoms with Crippen molar-refractivity contribution < 1.29 is 4.92 Å². The molecule has 0 amide bonds. The second kappa shape index (κ2) is 6.03. The number of hydrogen-bond donors (Lipinski definition) is 1. The first-order chi connectivity index (χ1) is 8.06. The minimum absolute atomic E-state index is 0.0326. The number of aromatic nitrogens is 1. The third-order valence-corrected chi connectivity index (χ3v) is 2.57. The van der Waals surface area contributed by atoms with Crippen LogP contribution in [-0.4, -0.2) is 23.5 Å². The number of anilines is 2. The van der Waals surface area contributed by atoms with Gasteiger partial charge in [-0.15, -0.1) is 0 Å². The highest BCUT2D eigenvalue weighted by Crippen LogP contribution is 2.22. The molecule has 94 valence electrons. The first kappa shape index (κ1) is 13.2. The summed E-state index contributed by atoms with van der Waals surface area (Å²) >= 11 is 0. The van der Waals surface area contributed by atoms with E-state index in [-0.39, 0.29) is 11.5 Å². The van der Waals surface area contributed by atoms with Crippen molar-refractivity contribution in [3.8, 4) is 0 Å². The quantitative estimate of drug-likeness (QED) is 0.466. The van der Waals surface area contributed by atoms with Gasteiger partial charge in [0.25, 0.3) is 0 Å². The van der Waals surface area contributed by atoms with Crippen molar-refractivity contribution in [2.75, 3.05) is 24.2 Å². The van der Waals surface area contributed by atoms with Crippen LogP contribution < -0.4 is 10.6 Å². The Balaban J connectivity index is 2.72. The van der Waals surface area contributed by atoms with E-state index >= 15 is 0 Å². The molecular formula is C11H18N4O2. The minimum atomic E-state index is -0.525. The molecule has 6 nitrogen and oxygen atoms in total. The molecule has 0 bridgehead atoms. The molecule has 0 saturated carbocycles. The van der Waals surface area contributed by atoms with Crippen LogP contribution in [0.5, 0.6) is 0 Å². The van der Waals surface area contributed by atoms with Gasteiger partial charge in [0.05, 0.1) is 4.92 Å². The molecule has 2 N–H and O–H groups in total. The maximum atomic E-state index is 10.6. The lowest BCUT2D eigenvalue weighted by molar-refractivity contribution is -0.384. The number of nitrogens with zero attached hydrogens (tertiary/aromatic N) is 3. The van der Waals surface area contributed by atoms with Crippen LogP contribution in [0.2, 0.25) is 0 Å². The van der Waals surface area contributed by atoms with E-state index in [1.54, 1.807) is 6.07 Å². The minimum Gasteiger partial charge on any atom is -0.378 e. The van der Waals surface area contributed by atoms with Crippen LogP contribution in [0.15, 0.2) is 12.1 Å². The number of hydrogen-bond acceptors (Lipinski definition) is 5. The molecule has 1 rings (SSSR count). The van der Waals surface area contributed by atoms with Crippen LogP contribution in [-0.2, 0) is 0 Å². The molecule has 0 aliphatic rings. The van der Waals surface area contributed by atoms with Crippen LogP contribution in [0.25, 0.3) is 0 Å². The molecule has 17 heavy (non-hydrogen) atoms.